The quantitative estimate of drug-likeness (QED) is 0.477. The van der Waals surface area contributed by atoms with Crippen LogP contribution in [0.4, 0.5) is 0 Å². The van der Waals surface area contributed by atoms with E-state index in [-0.39, 0.29) is 5.54 Å². The highest BCUT2D eigenvalue weighted by Crippen LogP contribution is 2.34. The second kappa shape index (κ2) is 10.9. The minimum Gasteiger partial charge on any atom is -0.379 e. The van der Waals surface area contributed by atoms with Crippen molar-refractivity contribution in [1.29, 1.82) is 0 Å². The third-order valence-corrected chi connectivity index (χ3v) is 7.11. The van der Waals surface area contributed by atoms with Crippen molar-refractivity contribution in [2.75, 3.05) is 83.7 Å². The zero-order valence-corrected chi connectivity index (χ0v) is 17.9. The molecule has 8 heteroatoms. The molecular weight excluding hydrogens is 362 g/mol. The summed E-state index contributed by atoms with van der Waals surface area (Å²) in [4.78, 5) is 10.1. The van der Waals surface area contributed by atoms with Crippen LogP contribution in [0, 0.1) is 0 Å². The van der Waals surface area contributed by atoms with Gasteiger partial charge in [0.15, 0.2) is 5.96 Å². The number of morpholine rings is 2. The summed E-state index contributed by atoms with van der Waals surface area (Å²) in [5.74, 6) is 3.37. The van der Waals surface area contributed by atoms with Crippen LogP contribution in [0.1, 0.15) is 20.3 Å². The maximum atomic E-state index is 5.57. The maximum absolute atomic E-state index is 5.57. The summed E-state index contributed by atoms with van der Waals surface area (Å²) in [7, 11) is 0. The minimum absolute atomic E-state index is 0.201. The highest BCUT2D eigenvalue weighted by atomic mass is 32.2. The van der Waals surface area contributed by atoms with E-state index in [0.29, 0.717) is 6.04 Å². The maximum Gasteiger partial charge on any atom is 0.191 e. The Hall–Kier alpha value is -0.540. The van der Waals surface area contributed by atoms with Crippen LogP contribution in [-0.4, -0.2) is 111 Å². The van der Waals surface area contributed by atoms with Crippen LogP contribution in [0.5, 0.6) is 0 Å². The molecule has 3 rings (SSSR count). The van der Waals surface area contributed by atoms with Crippen molar-refractivity contribution in [3.8, 4) is 0 Å². The van der Waals surface area contributed by atoms with Gasteiger partial charge in [0.25, 0.3) is 0 Å². The van der Waals surface area contributed by atoms with Crippen LogP contribution in [0.15, 0.2) is 4.99 Å². The molecule has 3 heterocycles. The molecule has 7 nitrogen and oxygen atoms in total. The summed E-state index contributed by atoms with van der Waals surface area (Å²) >= 11 is 2.07. The van der Waals surface area contributed by atoms with Crippen molar-refractivity contribution < 1.29 is 9.47 Å². The molecule has 0 aromatic carbocycles. The van der Waals surface area contributed by atoms with Gasteiger partial charge in [0.05, 0.1) is 38.5 Å². The van der Waals surface area contributed by atoms with Crippen molar-refractivity contribution in [1.82, 2.24) is 20.4 Å². The molecule has 2 N–H and O–H groups in total. The van der Waals surface area contributed by atoms with Gasteiger partial charge in [0, 0.05) is 51.1 Å². The van der Waals surface area contributed by atoms with E-state index in [1.165, 1.54) is 17.9 Å². The third-order valence-electron chi connectivity index (χ3n) is 5.87. The summed E-state index contributed by atoms with van der Waals surface area (Å²) in [5.41, 5.74) is 0.201. The molecule has 0 saturated carbocycles. The second-order valence-electron chi connectivity index (χ2n) is 7.70. The van der Waals surface area contributed by atoms with Crippen molar-refractivity contribution >= 4 is 17.7 Å². The Balaban J connectivity index is 1.56. The Morgan fingerprint density at radius 1 is 1.11 bits per heavy atom. The van der Waals surface area contributed by atoms with Crippen LogP contribution in [0.3, 0.4) is 0 Å². The van der Waals surface area contributed by atoms with E-state index < -0.39 is 0 Å². The van der Waals surface area contributed by atoms with Crippen LogP contribution in [0.2, 0.25) is 0 Å². The molecule has 3 aliphatic rings. The molecule has 0 bridgehead atoms. The number of ether oxygens (including phenoxy) is 2. The highest BCUT2D eigenvalue weighted by Gasteiger charge is 2.40. The Bertz CT molecular complexity index is 461. The second-order valence-corrected chi connectivity index (χ2v) is 8.80. The van der Waals surface area contributed by atoms with Gasteiger partial charge in [-0.25, -0.2) is 0 Å². The molecule has 2 atom stereocenters. The Morgan fingerprint density at radius 3 is 2.44 bits per heavy atom. The van der Waals surface area contributed by atoms with Gasteiger partial charge < -0.3 is 20.1 Å². The zero-order valence-electron chi connectivity index (χ0n) is 17.0. The van der Waals surface area contributed by atoms with Crippen LogP contribution in [0.25, 0.3) is 0 Å². The van der Waals surface area contributed by atoms with Gasteiger partial charge >= 0.3 is 0 Å². The van der Waals surface area contributed by atoms with Crippen molar-refractivity contribution in [3.05, 3.63) is 0 Å². The van der Waals surface area contributed by atoms with Gasteiger partial charge in [-0.05, 0) is 26.0 Å². The fourth-order valence-corrected chi connectivity index (χ4v) is 5.53. The molecule has 0 aromatic rings. The average Bonchev–Trinajstić information content (AvgIpc) is 3.21. The van der Waals surface area contributed by atoms with E-state index in [1.807, 2.05) is 0 Å². The molecule has 3 saturated heterocycles. The van der Waals surface area contributed by atoms with Gasteiger partial charge in [-0.15, -0.1) is 0 Å². The lowest BCUT2D eigenvalue weighted by atomic mass is 9.96. The predicted molar refractivity (Wildman–Crippen MR) is 113 cm³/mol. The van der Waals surface area contributed by atoms with Crippen molar-refractivity contribution in [2.45, 2.75) is 31.8 Å². The fourth-order valence-electron chi connectivity index (χ4n) is 4.07. The summed E-state index contributed by atoms with van der Waals surface area (Å²) in [6.07, 6.45) is 1.23. The van der Waals surface area contributed by atoms with E-state index in [0.717, 1.165) is 78.2 Å². The molecule has 156 valence electrons. The lowest BCUT2D eigenvalue weighted by Crippen LogP contribution is -2.56. The van der Waals surface area contributed by atoms with E-state index in [9.17, 15) is 0 Å². The van der Waals surface area contributed by atoms with Crippen LogP contribution in [-0.2, 0) is 9.47 Å². The topological polar surface area (TPSA) is 61.4 Å². The summed E-state index contributed by atoms with van der Waals surface area (Å²) in [6, 6.07) is 0.480. The Morgan fingerprint density at radius 2 is 1.81 bits per heavy atom. The molecule has 0 aliphatic carbocycles. The van der Waals surface area contributed by atoms with Crippen molar-refractivity contribution in [3.63, 3.8) is 0 Å². The Kier molecular flexibility index (Phi) is 8.51. The normalized spacial score (nSPS) is 29.6. The molecule has 0 spiro atoms. The molecule has 3 fully saturated rings. The smallest absolute Gasteiger partial charge is 0.191 e. The number of guanidine groups is 1. The lowest BCUT2D eigenvalue weighted by Gasteiger charge is -2.42. The molecule has 0 amide bonds. The molecule has 27 heavy (non-hydrogen) atoms. The van der Waals surface area contributed by atoms with Gasteiger partial charge in [-0.2, -0.15) is 11.8 Å². The average molecular weight is 400 g/mol. The van der Waals surface area contributed by atoms with E-state index in [2.05, 4.69) is 46.0 Å². The first-order chi connectivity index (χ1) is 13.2. The fraction of sp³-hybridized carbons (Fsp3) is 0.947. The van der Waals surface area contributed by atoms with Crippen LogP contribution >= 0.6 is 11.8 Å². The summed E-state index contributed by atoms with van der Waals surface area (Å²) < 4.78 is 11.0. The van der Waals surface area contributed by atoms with E-state index >= 15 is 0 Å². The molecule has 3 aliphatic heterocycles. The number of rotatable bonds is 7. The number of hydrogen-bond donors (Lipinski definition) is 2. The Labute approximate surface area is 168 Å². The van der Waals surface area contributed by atoms with Gasteiger partial charge in [0.2, 0.25) is 0 Å². The van der Waals surface area contributed by atoms with E-state index in [1.54, 1.807) is 0 Å². The number of hydrogen-bond acceptors (Lipinski definition) is 6. The number of nitrogens with one attached hydrogen (secondary N) is 2. The van der Waals surface area contributed by atoms with E-state index in [4.69, 9.17) is 14.5 Å². The molecular formula is C19H37N5O2S. The van der Waals surface area contributed by atoms with Gasteiger partial charge in [-0.3, -0.25) is 14.8 Å². The summed E-state index contributed by atoms with van der Waals surface area (Å²) in [6.45, 7) is 14.6. The standard InChI is InChI=1S/C19H37N5O2S/c1-3-20-18(21-14-17(2)23-5-9-25-10-6-23)22-15-19(4-13-27-16-19)24-7-11-26-12-8-24/h17H,3-16H2,1-2H3,(H2,20,21,22). The first-order valence-electron chi connectivity index (χ1n) is 10.5. The predicted octanol–water partition coefficient (Wildman–Crippen LogP) is 0.470. The SMILES string of the molecule is CCNC(=NCC1(N2CCOCC2)CCSC1)NCC(C)N1CCOCC1. The highest BCUT2D eigenvalue weighted by molar-refractivity contribution is 7.99. The zero-order chi connectivity index (χ0) is 19.0. The van der Waals surface area contributed by atoms with Crippen molar-refractivity contribution in [2.24, 2.45) is 4.99 Å². The largest absolute Gasteiger partial charge is 0.379 e. The lowest BCUT2D eigenvalue weighted by molar-refractivity contribution is -0.0104. The molecule has 0 radical (unpaired) electrons. The van der Waals surface area contributed by atoms with Crippen LogP contribution < -0.4 is 10.6 Å². The molecule has 2 unspecified atom stereocenters. The monoisotopic (exact) mass is 399 g/mol. The summed E-state index contributed by atoms with van der Waals surface area (Å²) in [5, 5.41) is 7.00. The van der Waals surface area contributed by atoms with Gasteiger partial charge in [-0.1, -0.05) is 0 Å². The third kappa shape index (κ3) is 5.97. The molecule has 0 aromatic heterocycles. The number of thioether (sulfide) groups is 1. The number of nitrogens with zero attached hydrogens (tertiary/aromatic N) is 3. The minimum atomic E-state index is 0.201. The van der Waals surface area contributed by atoms with Gasteiger partial charge in [0.1, 0.15) is 0 Å². The first-order valence-corrected chi connectivity index (χ1v) is 11.6. The first kappa shape index (κ1) is 21.2. The number of aliphatic imine (C=N–C) groups is 1.